The van der Waals surface area contributed by atoms with Crippen molar-refractivity contribution in [3.05, 3.63) is 69.4 Å². The predicted octanol–water partition coefficient (Wildman–Crippen LogP) is 2.56. The largest absolute Gasteiger partial charge is 0.467 e. The molecule has 1 atom stereocenters. The molecule has 0 fully saturated rings. The fraction of sp³-hybridized carbons (Fsp3) is 0.278. The lowest BCUT2D eigenvalue weighted by molar-refractivity contribution is 0.147. The number of hydrogen-bond donors (Lipinski definition) is 3. The Morgan fingerprint density at radius 1 is 1.30 bits per heavy atom. The van der Waals surface area contributed by atoms with Crippen molar-refractivity contribution in [2.24, 2.45) is 0 Å². The minimum Gasteiger partial charge on any atom is -0.467 e. The Kier molecular flexibility index (Phi) is 4.32. The van der Waals surface area contributed by atoms with Crippen LogP contribution in [-0.2, 0) is 6.54 Å². The molecule has 0 spiro atoms. The van der Waals surface area contributed by atoms with Crippen molar-refractivity contribution in [1.82, 2.24) is 10.3 Å². The summed E-state index contributed by atoms with van der Waals surface area (Å²) in [5.41, 5.74) is 3.80. The SMILES string of the molecule is Cc1cc(C)c2[nH]c(CNC[C@@H](O)c3ccco3)cc(=O)c2c1. The topological polar surface area (TPSA) is 78.3 Å². The Balaban J connectivity index is 1.75. The van der Waals surface area contributed by atoms with Crippen molar-refractivity contribution in [1.29, 1.82) is 0 Å². The Bertz CT molecular complexity index is 866. The van der Waals surface area contributed by atoms with Crippen LogP contribution in [-0.4, -0.2) is 16.6 Å². The smallest absolute Gasteiger partial charge is 0.189 e. The van der Waals surface area contributed by atoms with Crippen molar-refractivity contribution < 1.29 is 9.52 Å². The predicted molar refractivity (Wildman–Crippen MR) is 89.4 cm³/mol. The van der Waals surface area contributed by atoms with E-state index in [0.717, 1.165) is 22.3 Å². The number of H-pyrrole nitrogens is 1. The van der Waals surface area contributed by atoms with Crippen LogP contribution in [0.1, 0.15) is 28.7 Å². The fourth-order valence-corrected chi connectivity index (χ4v) is 2.78. The number of hydrogen-bond acceptors (Lipinski definition) is 4. The molecule has 23 heavy (non-hydrogen) atoms. The third-order valence-corrected chi connectivity index (χ3v) is 3.86. The molecule has 3 N–H and O–H groups in total. The zero-order valence-corrected chi connectivity index (χ0v) is 13.2. The van der Waals surface area contributed by atoms with Crippen LogP contribution < -0.4 is 10.7 Å². The van der Waals surface area contributed by atoms with Gasteiger partial charge in [0, 0.05) is 30.2 Å². The van der Waals surface area contributed by atoms with Crippen LogP contribution in [0.4, 0.5) is 0 Å². The number of fused-ring (bicyclic) bond motifs is 1. The quantitative estimate of drug-likeness (QED) is 0.676. The molecule has 2 aromatic heterocycles. The van der Waals surface area contributed by atoms with Gasteiger partial charge in [0.15, 0.2) is 5.43 Å². The molecule has 2 heterocycles. The van der Waals surface area contributed by atoms with Gasteiger partial charge in [-0.1, -0.05) is 6.07 Å². The molecule has 120 valence electrons. The third-order valence-electron chi connectivity index (χ3n) is 3.86. The Labute approximate surface area is 134 Å². The van der Waals surface area contributed by atoms with Crippen molar-refractivity contribution in [3.8, 4) is 0 Å². The highest BCUT2D eigenvalue weighted by Gasteiger charge is 2.10. The van der Waals surface area contributed by atoms with E-state index in [2.05, 4.69) is 16.4 Å². The second kappa shape index (κ2) is 6.40. The highest BCUT2D eigenvalue weighted by Crippen LogP contribution is 2.16. The minimum absolute atomic E-state index is 0.00827. The summed E-state index contributed by atoms with van der Waals surface area (Å²) in [4.78, 5) is 15.6. The molecule has 1 aromatic carbocycles. The van der Waals surface area contributed by atoms with Crippen LogP contribution in [0, 0.1) is 13.8 Å². The summed E-state index contributed by atoms with van der Waals surface area (Å²) in [6.45, 7) is 4.79. The summed E-state index contributed by atoms with van der Waals surface area (Å²) >= 11 is 0. The van der Waals surface area contributed by atoms with Crippen LogP contribution in [0.25, 0.3) is 10.9 Å². The third kappa shape index (κ3) is 3.36. The van der Waals surface area contributed by atoms with Gasteiger partial charge in [0.2, 0.25) is 0 Å². The Morgan fingerprint density at radius 3 is 2.87 bits per heavy atom. The molecule has 0 bridgehead atoms. The number of aryl methyl sites for hydroxylation is 2. The van der Waals surface area contributed by atoms with Gasteiger partial charge in [-0.05, 0) is 43.2 Å². The average Bonchev–Trinajstić information content (AvgIpc) is 3.03. The summed E-state index contributed by atoms with van der Waals surface area (Å²) in [6.07, 6.45) is 0.825. The number of benzene rings is 1. The summed E-state index contributed by atoms with van der Waals surface area (Å²) in [5, 5.41) is 13.8. The number of pyridine rings is 1. The van der Waals surface area contributed by atoms with Gasteiger partial charge in [-0.15, -0.1) is 0 Å². The normalized spacial score (nSPS) is 12.7. The summed E-state index contributed by atoms with van der Waals surface area (Å²) in [5.74, 6) is 0.524. The van der Waals surface area contributed by atoms with Crippen molar-refractivity contribution in [2.75, 3.05) is 6.54 Å². The first-order valence-electron chi connectivity index (χ1n) is 7.60. The van der Waals surface area contributed by atoms with Crippen LogP contribution in [0.5, 0.6) is 0 Å². The highest BCUT2D eigenvalue weighted by molar-refractivity contribution is 5.82. The molecule has 0 unspecified atom stereocenters. The number of furan rings is 1. The molecule has 0 aliphatic heterocycles. The standard InChI is InChI=1S/C18H20N2O3/c1-11-6-12(2)18-14(7-11)15(21)8-13(20-18)9-19-10-16(22)17-4-3-5-23-17/h3-8,16,19,22H,9-10H2,1-2H3,(H,20,21)/t16-/m1/s1. The average molecular weight is 312 g/mol. The molecule has 3 aromatic rings. The number of aliphatic hydroxyl groups is 1. The lowest BCUT2D eigenvalue weighted by Gasteiger charge is -2.11. The first kappa shape index (κ1) is 15.5. The van der Waals surface area contributed by atoms with Crippen LogP contribution in [0.2, 0.25) is 0 Å². The summed E-state index contributed by atoms with van der Waals surface area (Å²) in [6, 6.07) is 9.03. The molecular formula is C18H20N2O3. The number of aromatic nitrogens is 1. The lowest BCUT2D eigenvalue weighted by Crippen LogP contribution is -2.22. The maximum Gasteiger partial charge on any atom is 0.189 e. The minimum atomic E-state index is -0.707. The Hall–Kier alpha value is -2.37. The van der Waals surface area contributed by atoms with E-state index >= 15 is 0 Å². The van der Waals surface area contributed by atoms with E-state index < -0.39 is 6.10 Å². The molecule has 0 amide bonds. The first-order chi connectivity index (χ1) is 11.0. The summed E-state index contributed by atoms with van der Waals surface area (Å²) in [7, 11) is 0. The molecule has 0 saturated carbocycles. The van der Waals surface area contributed by atoms with Crippen LogP contribution in [0.3, 0.4) is 0 Å². The van der Waals surface area contributed by atoms with Gasteiger partial charge in [-0.2, -0.15) is 0 Å². The van der Waals surface area contributed by atoms with E-state index in [4.69, 9.17) is 4.42 Å². The molecule has 3 rings (SSSR count). The molecule has 5 nitrogen and oxygen atoms in total. The van der Waals surface area contributed by atoms with E-state index in [1.54, 1.807) is 18.2 Å². The highest BCUT2D eigenvalue weighted by atomic mass is 16.4. The molecule has 0 saturated heterocycles. The molecule has 0 radical (unpaired) electrons. The summed E-state index contributed by atoms with van der Waals surface area (Å²) < 4.78 is 5.15. The van der Waals surface area contributed by atoms with Crippen LogP contribution in [0.15, 0.2) is 45.8 Å². The number of aromatic amines is 1. The van der Waals surface area contributed by atoms with E-state index in [1.807, 2.05) is 19.9 Å². The lowest BCUT2D eigenvalue weighted by atomic mass is 10.1. The maximum absolute atomic E-state index is 12.3. The number of rotatable bonds is 5. The van der Waals surface area contributed by atoms with Gasteiger partial charge in [-0.25, -0.2) is 0 Å². The van der Waals surface area contributed by atoms with E-state index in [0.29, 0.717) is 24.2 Å². The second-order valence-corrected chi connectivity index (χ2v) is 5.83. The molecule has 5 heteroatoms. The Morgan fingerprint density at radius 2 is 2.13 bits per heavy atom. The van der Waals surface area contributed by atoms with Crippen molar-refractivity contribution in [2.45, 2.75) is 26.5 Å². The maximum atomic E-state index is 12.3. The van der Waals surface area contributed by atoms with Gasteiger partial charge in [0.1, 0.15) is 11.9 Å². The van der Waals surface area contributed by atoms with E-state index in [-0.39, 0.29) is 5.43 Å². The molecule has 0 aliphatic rings. The fourth-order valence-electron chi connectivity index (χ4n) is 2.78. The second-order valence-electron chi connectivity index (χ2n) is 5.83. The van der Waals surface area contributed by atoms with E-state index in [1.165, 1.54) is 6.26 Å². The van der Waals surface area contributed by atoms with Gasteiger partial charge >= 0.3 is 0 Å². The van der Waals surface area contributed by atoms with Gasteiger partial charge in [0.05, 0.1) is 11.8 Å². The van der Waals surface area contributed by atoms with Gasteiger partial charge < -0.3 is 19.8 Å². The first-order valence-corrected chi connectivity index (χ1v) is 7.60. The van der Waals surface area contributed by atoms with Crippen molar-refractivity contribution >= 4 is 10.9 Å². The number of aliphatic hydroxyl groups excluding tert-OH is 1. The monoisotopic (exact) mass is 312 g/mol. The van der Waals surface area contributed by atoms with Gasteiger partial charge in [-0.3, -0.25) is 4.79 Å². The number of nitrogens with one attached hydrogen (secondary N) is 2. The molecular weight excluding hydrogens is 292 g/mol. The van der Waals surface area contributed by atoms with Crippen LogP contribution >= 0.6 is 0 Å². The van der Waals surface area contributed by atoms with Gasteiger partial charge in [0.25, 0.3) is 0 Å². The zero-order valence-electron chi connectivity index (χ0n) is 13.2. The van der Waals surface area contributed by atoms with Crippen molar-refractivity contribution in [3.63, 3.8) is 0 Å². The molecule has 0 aliphatic carbocycles. The van der Waals surface area contributed by atoms with E-state index in [9.17, 15) is 9.90 Å². The zero-order chi connectivity index (χ0) is 16.4.